The van der Waals surface area contributed by atoms with E-state index in [2.05, 4.69) is 31.0 Å². The third-order valence-electron chi connectivity index (χ3n) is 3.48. The highest BCUT2D eigenvalue weighted by Gasteiger charge is 2.19. The van der Waals surface area contributed by atoms with Crippen LogP contribution in [0.3, 0.4) is 0 Å². The quantitative estimate of drug-likeness (QED) is 0.558. The van der Waals surface area contributed by atoms with Crippen LogP contribution in [-0.4, -0.2) is 37.1 Å². The van der Waals surface area contributed by atoms with Gasteiger partial charge in [-0.15, -0.1) is 0 Å². The second kappa shape index (κ2) is 8.93. The van der Waals surface area contributed by atoms with Crippen molar-refractivity contribution in [2.75, 3.05) is 26.2 Å². The normalized spacial score (nSPS) is 16.1. The molecule has 0 spiro atoms. The molecule has 102 valence electrons. The minimum Gasteiger partial charge on any atom is -0.314 e. The van der Waals surface area contributed by atoms with Crippen LogP contribution in [0, 0.1) is 5.92 Å². The standard InChI is InChI=1S/C15H32N2/c1-4-17(13-14(2)3)12-8-6-5-7-11-16-15-9-10-15/h14-16H,4-13H2,1-3H3. The summed E-state index contributed by atoms with van der Waals surface area (Å²) in [6.07, 6.45) is 8.39. The topological polar surface area (TPSA) is 15.3 Å². The first-order valence-electron chi connectivity index (χ1n) is 7.68. The van der Waals surface area contributed by atoms with E-state index in [1.807, 2.05) is 0 Å². The molecule has 0 saturated heterocycles. The Hall–Kier alpha value is -0.0800. The minimum atomic E-state index is 0.803. The van der Waals surface area contributed by atoms with E-state index in [-0.39, 0.29) is 0 Å². The Balaban J connectivity index is 1.83. The third kappa shape index (κ3) is 8.62. The molecule has 1 N–H and O–H groups in total. The number of nitrogens with one attached hydrogen (secondary N) is 1. The summed E-state index contributed by atoms with van der Waals surface area (Å²) < 4.78 is 0. The van der Waals surface area contributed by atoms with E-state index in [1.165, 1.54) is 64.7 Å². The molecule has 2 nitrogen and oxygen atoms in total. The van der Waals surface area contributed by atoms with Gasteiger partial charge in [-0.1, -0.05) is 33.6 Å². The molecule has 1 aliphatic carbocycles. The van der Waals surface area contributed by atoms with E-state index in [4.69, 9.17) is 0 Å². The molecule has 0 aromatic heterocycles. The summed E-state index contributed by atoms with van der Waals surface area (Å²) >= 11 is 0. The Kier molecular flexibility index (Phi) is 7.87. The lowest BCUT2D eigenvalue weighted by Gasteiger charge is -2.22. The average Bonchev–Trinajstić information content (AvgIpc) is 3.09. The third-order valence-corrected chi connectivity index (χ3v) is 3.48. The molecule has 0 aromatic carbocycles. The van der Waals surface area contributed by atoms with Crippen molar-refractivity contribution >= 4 is 0 Å². The summed E-state index contributed by atoms with van der Waals surface area (Å²) in [5, 5.41) is 3.58. The van der Waals surface area contributed by atoms with Gasteiger partial charge in [0.1, 0.15) is 0 Å². The summed E-state index contributed by atoms with van der Waals surface area (Å²) in [5.41, 5.74) is 0. The lowest BCUT2D eigenvalue weighted by Crippen LogP contribution is -2.28. The van der Waals surface area contributed by atoms with Crippen LogP contribution in [0.1, 0.15) is 59.3 Å². The molecule has 0 aliphatic heterocycles. The van der Waals surface area contributed by atoms with Crippen LogP contribution in [0.5, 0.6) is 0 Å². The van der Waals surface area contributed by atoms with Gasteiger partial charge >= 0.3 is 0 Å². The van der Waals surface area contributed by atoms with Crippen LogP contribution in [0.25, 0.3) is 0 Å². The number of nitrogens with zero attached hydrogens (tertiary/aromatic N) is 1. The Morgan fingerprint density at radius 2 is 1.82 bits per heavy atom. The van der Waals surface area contributed by atoms with Gasteiger partial charge in [0.25, 0.3) is 0 Å². The van der Waals surface area contributed by atoms with Crippen LogP contribution in [0.2, 0.25) is 0 Å². The van der Waals surface area contributed by atoms with Crippen molar-refractivity contribution in [3.8, 4) is 0 Å². The van der Waals surface area contributed by atoms with Crippen LogP contribution in [0.15, 0.2) is 0 Å². The van der Waals surface area contributed by atoms with Gasteiger partial charge in [0.15, 0.2) is 0 Å². The first-order valence-corrected chi connectivity index (χ1v) is 7.68. The highest BCUT2D eigenvalue weighted by Crippen LogP contribution is 2.18. The lowest BCUT2D eigenvalue weighted by atomic mass is 10.1. The molecular weight excluding hydrogens is 208 g/mol. The molecule has 0 amide bonds. The van der Waals surface area contributed by atoms with Crippen molar-refractivity contribution in [3.05, 3.63) is 0 Å². The van der Waals surface area contributed by atoms with Crippen molar-refractivity contribution in [3.63, 3.8) is 0 Å². The molecule has 0 aromatic rings. The summed E-state index contributed by atoms with van der Waals surface area (Å²) in [6, 6.07) is 0.886. The maximum Gasteiger partial charge on any atom is 0.00682 e. The zero-order valence-electron chi connectivity index (χ0n) is 12.2. The highest BCUT2D eigenvalue weighted by molar-refractivity contribution is 4.80. The van der Waals surface area contributed by atoms with Crippen LogP contribution in [0.4, 0.5) is 0 Å². The van der Waals surface area contributed by atoms with E-state index >= 15 is 0 Å². The van der Waals surface area contributed by atoms with Crippen molar-refractivity contribution < 1.29 is 0 Å². The van der Waals surface area contributed by atoms with Crippen LogP contribution < -0.4 is 5.32 Å². The monoisotopic (exact) mass is 240 g/mol. The van der Waals surface area contributed by atoms with Gasteiger partial charge in [-0.3, -0.25) is 0 Å². The van der Waals surface area contributed by atoms with E-state index in [1.54, 1.807) is 0 Å². The first-order chi connectivity index (χ1) is 8.22. The fraction of sp³-hybridized carbons (Fsp3) is 1.00. The second-order valence-corrected chi connectivity index (χ2v) is 5.93. The number of unbranched alkanes of at least 4 members (excludes halogenated alkanes) is 3. The Morgan fingerprint density at radius 1 is 1.12 bits per heavy atom. The Labute approximate surface area is 108 Å². The number of hydrogen-bond donors (Lipinski definition) is 1. The van der Waals surface area contributed by atoms with E-state index < -0.39 is 0 Å². The SMILES string of the molecule is CCN(CCCCCCNC1CC1)CC(C)C. The predicted molar refractivity (Wildman–Crippen MR) is 76.4 cm³/mol. The van der Waals surface area contributed by atoms with Gasteiger partial charge in [-0.25, -0.2) is 0 Å². The van der Waals surface area contributed by atoms with Crippen molar-refractivity contribution in [2.24, 2.45) is 5.92 Å². The summed E-state index contributed by atoms with van der Waals surface area (Å²) in [6.45, 7) is 11.9. The van der Waals surface area contributed by atoms with Gasteiger partial charge in [0.05, 0.1) is 0 Å². The van der Waals surface area contributed by atoms with E-state index in [0.717, 1.165) is 12.0 Å². The van der Waals surface area contributed by atoms with Gasteiger partial charge in [0.2, 0.25) is 0 Å². The Bertz CT molecular complexity index is 176. The molecule has 17 heavy (non-hydrogen) atoms. The smallest absolute Gasteiger partial charge is 0.00682 e. The van der Waals surface area contributed by atoms with Gasteiger partial charge < -0.3 is 10.2 Å². The fourth-order valence-electron chi connectivity index (χ4n) is 2.30. The molecule has 1 saturated carbocycles. The van der Waals surface area contributed by atoms with Crippen LogP contribution >= 0.6 is 0 Å². The summed E-state index contributed by atoms with van der Waals surface area (Å²) in [7, 11) is 0. The number of rotatable bonds is 11. The molecule has 0 unspecified atom stereocenters. The minimum absolute atomic E-state index is 0.803. The fourth-order valence-corrected chi connectivity index (χ4v) is 2.30. The zero-order valence-corrected chi connectivity index (χ0v) is 12.2. The zero-order chi connectivity index (χ0) is 12.5. The molecule has 2 heteroatoms. The maximum atomic E-state index is 3.58. The van der Waals surface area contributed by atoms with Gasteiger partial charge in [0, 0.05) is 12.6 Å². The average molecular weight is 240 g/mol. The van der Waals surface area contributed by atoms with Crippen molar-refractivity contribution in [2.45, 2.75) is 65.3 Å². The molecule has 1 fully saturated rings. The van der Waals surface area contributed by atoms with Crippen molar-refractivity contribution in [1.82, 2.24) is 10.2 Å². The predicted octanol–water partition coefficient (Wildman–Crippen LogP) is 3.28. The molecule has 1 aliphatic rings. The van der Waals surface area contributed by atoms with Crippen LogP contribution in [-0.2, 0) is 0 Å². The second-order valence-electron chi connectivity index (χ2n) is 5.93. The Morgan fingerprint density at radius 3 is 2.41 bits per heavy atom. The molecule has 0 radical (unpaired) electrons. The maximum absolute atomic E-state index is 3.58. The van der Waals surface area contributed by atoms with Crippen molar-refractivity contribution in [1.29, 1.82) is 0 Å². The van der Waals surface area contributed by atoms with E-state index in [9.17, 15) is 0 Å². The highest BCUT2D eigenvalue weighted by atomic mass is 15.1. The summed E-state index contributed by atoms with van der Waals surface area (Å²) in [5.74, 6) is 0.803. The molecule has 0 heterocycles. The lowest BCUT2D eigenvalue weighted by molar-refractivity contribution is 0.250. The molecular formula is C15H32N2. The first kappa shape index (κ1) is 15.0. The van der Waals surface area contributed by atoms with E-state index in [0.29, 0.717) is 0 Å². The van der Waals surface area contributed by atoms with Gasteiger partial charge in [-0.05, 0) is 51.2 Å². The largest absolute Gasteiger partial charge is 0.314 e. The molecule has 1 rings (SSSR count). The molecule has 0 atom stereocenters. The summed E-state index contributed by atoms with van der Waals surface area (Å²) in [4.78, 5) is 2.59. The van der Waals surface area contributed by atoms with Gasteiger partial charge in [-0.2, -0.15) is 0 Å². The number of hydrogen-bond acceptors (Lipinski definition) is 2. The molecule has 0 bridgehead atoms.